The third-order valence-corrected chi connectivity index (χ3v) is 4.58. The Morgan fingerprint density at radius 3 is 2.67 bits per heavy atom. The fraction of sp³-hybridized carbons (Fsp3) is 0.235. The number of halogens is 1. The fourth-order valence-corrected chi connectivity index (χ4v) is 3.22. The summed E-state index contributed by atoms with van der Waals surface area (Å²) in [6.45, 7) is 0. The molecule has 0 saturated heterocycles. The van der Waals surface area contributed by atoms with E-state index in [1.165, 1.54) is 41.4 Å². The van der Waals surface area contributed by atoms with Crippen LogP contribution in [0.15, 0.2) is 47.4 Å². The minimum absolute atomic E-state index is 0.0396. The summed E-state index contributed by atoms with van der Waals surface area (Å²) in [4.78, 5) is 12.8. The van der Waals surface area contributed by atoms with Gasteiger partial charge in [0.1, 0.15) is 5.82 Å². The number of carbonyl (C=O) groups is 1. The highest BCUT2D eigenvalue weighted by Gasteiger charge is 2.11. The number of anilines is 1. The number of thioether (sulfide) groups is 1. The minimum Gasteiger partial charge on any atom is -0.325 e. The van der Waals surface area contributed by atoms with E-state index in [-0.39, 0.29) is 11.7 Å². The monoisotopic (exact) mass is 301 g/mol. The van der Waals surface area contributed by atoms with E-state index in [4.69, 9.17) is 0 Å². The molecule has 1 amide bonds. The van der Waals surface area contributed by atoms with Crippen LogP contribution in [0.1, 0.15) is 17.5 Å². The zero-order chi connectivity index (χ0) is 14.7. The smallest absolute Gasteiger partial charge is 0.234 e. The lowest BCUT2D eigenvalue weighted by Crippen LogP contribution is -2.14. The van der Waals surface area contributed by atoms with Crippen molar-refractivity contribution in [2.75, 3.05) is 11.1 Å². The van der Waals surface area contributed by atoms with Gasteiger partial charge in [0.2, 0.25) is 5.91 Å². The fourth-order valence-electron chi connectivity index (χ4n) is 2.53. The Morgan fingerprint density at radius 1 is 1.10 bits per heavy atom. The second-order valence-corrected chi connectivity index (χ2v) is 6.18. The van der Waals surface area contributed by atoms with Crippen LogP contribution in [0.4, 0.5) is 10.1 Å². The van der Waals surface area contributed by atoms with Gasteiger partial charge in [-0.3, -0.25) is 4.79 Å². The number of nitrogens with one attached hydrogen (secondary N) is 1. The molecule has 0 unspecified atom stereocenters. The van der Waals surface area contributed by atoms with Crippen molar-refractivity contribution in [1.29, 1.82) is 0 Å². The maximum Gasteiger partial charge on any atom is 0.234 e. The van der Waals surface area contributed by atoms with Crippen molar-refractivity contribution < 1.29 is 9.18 Å². The summed E-state index contributed by atoms with van der Waals surface area (Å²) in [5, 5.41) is 2.92. The van der Waals surface area contributed by atoms with Gasteiger partial charge in [-0.05, 0) is 66.8 Å². The molecule has 1 aliphatic carbocycles. The molecule has 2 aromatic rings. The molecule has 2 nitrogen and oxygen atoms in total. The van der Waals surface area contributed by atoms with Crippen LogP contribution >= 0.6 is 11.8 Å². The molecule has 0 bridgehead atoms. The van der Waals surface area contributed by atoms with E-state index in [0.717, 1.165) is 23.4 Å². The maximum atomic E-state index is 12.8. The molecule has 0 aliphatic heterocycles. The van der Waals surface area contributed by atoms with Gasteiger partial charge in [0, 0.05) is 10.6 Å². The first-order valence-electron chi connectivity index (χ1n) is 7.01. The number of benzene rings is 2. The molecular weight excluding hydrogens is 285 g/mol. The Kier molecular flexibility index (Phi) is 4.25. The van der Waals surface area contributed by atoms with E-state index in [2.05, 4.69) is 17.4 Å². The first kappa shape index (κ1) is 14.1. The molecule has 0 atom stereocenters. The van der Waals surface area contributed by atoms with Crippen molar-refractivity contribution in [3.63, 3.8) is 0 Å². The lowest BCUT2D eigenvalue weighted by Gasteiger charge is -2.07. The van der Waals surface area contributed by atoms with E-state index in [9.17, 15) is 9.18 Å². The maximum absolute atomic E-state index is 12.8. The first-order valence-corrected chi connectivity index (χ1v) is 7.99. The molecular formula is C17H16FNOS. The number of rotatable bonds is 4. The van der Waals surface area contributed by atoms with Gasteiger partial charge in [0.05, 0.1) is 5.75 Å². The van der Waals surface area contributed by atoms with Crippen molar-refractivity contribution in [1.82, 2.24) is 0 Å². The van der Waals surface area contributed by atoms with Crippen LogP contribution in [0.3, 0.4) is 0 Å². The van der Waals surface area contributed by atoms with E-state index >= 15 is 0 Å². The van der Waals surface area contributed by atoms with Gasteiger partial charge in [0.25, 0.3) is 0 Å². The van der Waals surface area contributed by atoms with E-state index in [0.29, 0.717) is 5.75 Å². The summed E-state index contributed by atoms with van der Waals surface area (Å²) < 4.78 is 12.8. The highest BCUT2D eigenvalue weighted by Crippen LogP contribution is 2.25. The Hall–Kier alpha value is -1.81. The number of aryl methyl sites for hydroxylation is 2. The number of hydrogen-bond donors (Lipinski definition) is 1. The van der Waals surface area contributed by atoms with Crippen LogP contribution in [0.5, 0.6) is 0 Å². The molecule has 0 heterocycles. The van der Waals surface area contributed by atoms with Crippen LogP contribution in [0.25, 0.3) is 0 Å². The van der Waals surface area contributed by atoms with Gasteiger partial charge < -0.3 is 5.32 Å². The first-order chi connectivity index (χ1) is 10.2. The summed E-state index contributed by atoms with van der Waals surface area (Å²) in [6.07, 6.45) is 3.44. The Morgan fingerprint density at radius 2 is 1.86 bits per heavy atom. The quantitative estimate of drug-likeness (QED) is 0.863. The zero-order valence-corrected chi connectivity index (χ0v) is 12.4. The third kappa shape index (κ3) is 3.64. The predicted molar refractivity (Wildman–Crippen MR) is 84.2 cm³/mol. The van der Waals surface area contributed by atoms with Crippen LogP contribution in [-0.2, 0) is 17.6 Å². The standard InChI is InChI=1S/C17H16FNOS/c18-14-5-8-16(9-6-14)21-11-17(20)19-15-7-4-12-2-1-3-13(12)10-15/h4-10H,1-3,11H2,(H,19,20). The largest absolute Gasteiger partial charge is 0.325 e. The van der Waals surface area contributed by atoms with Crippen molar-refractivity contribution in [3.8, 4) is 0 Å². The van der Waals surface area contributed by atoms with Gasteiger partial charge in [-0.25, -0.2) is 4.39 Å². The molecule has 108 valence electrons. The Bertz CT molecular complexity index is 654. The number of carbonyl (C=O) groups excluding carboxylic acids is 1. The predicted octanol–water partition coefficient (Wildman–Crippen LogP) is 4.05. The van der Waals surface area contributed by atoms with Gasteiger partial charge >= 0.3 is 0 Å². The number of fused-ring (bicyclic) bond motifs is 1. The van der Waals surface area contributed by atoms with Crippen LogP contribution in [0.2, 0.25) is 0 Å². The molecule has 2 aromatic carbocycles. The Balaban J connectivity index is 1.55. The highest BCUT2D eigenvalue weighted by atomic mass is 32.2. The third-order valence-electron chi connectivity index (χ3n) is 3.57. The SMILES string of the molecule is O=C(CSc1ccc(F)cc1)Nc1ccc2c(c1)CCC2. The molecule has 3 rings (SSSR count). The molecule has 0 spiro atoms. The summed E-state index contributed by atoms with van der Waals surface area (Å²) >= 11 is 1.40. The molecule has 21 heavy (non-hydrogen) atoms. The topological polar surface area (TPSA) is 29.1 Å². The van der Waals surface area contributed by atoms with Crippen LogP contribution in [-0.4, -0.2) is 11.7 Å². The summed E-state index contributed by atoms with van der Waals surface area (Å²) in [5.74, 6) is 0.0205. The van der Waals surface area contributed by atoms with Gasteiger partial charge in [0.15, 0.2) is 0 Å². The molecule has 0 radical (unpaired) electrons. The molecule has 4 heteroatoms. The van der Waals surface area contributed by atoms with Crippen molar-refractivity contribution in [2.45, 2.75) is 24.2 Å². The average molecular weight is 301 g/mol. The van der Waals surface area contributed by atoms with E-state index in [1.54, 1.807) is 12.1 Å². The van der Waals surface area contributed by atoms with Crippen molar-refractivity contribution in [2.24, 2.45) is 0 Å². The summed E-state index contributed by atoms with van der Waals surface area (Å²) in [7, 11) is 0. The van der Waals surface area contributed by atoms with Crippen molar-refractivity contribution in [3.05, 3.63) is 59.4 Å². The summed E-state index contributed by atoms with van der Waals surface area (Å²) in [5.41, 5.74) is 3.60. The minimum atomic E-state index is -0.262. The lowest BCUT2D eigenvalue weighted by molar-refractivity contribution is -0.113. The van der Waals surface area contributed by atoms with Crippen molar-refractivity contribution >= 4 is 23.4 Å². The van der Waals surface area contributed by atoms with E-state index < -0.39 is 0 Å². The second-order valence-electron chi connectivity index (χ2n) is 5.13. The van der Waals surface area contributed by atoms with Gasteiger partial charge in [-0.15, -0.1) is 11.8 Å². The second kappa shape index (κ2) is 6.31. The average Bonchev–Trinajstić information content (AvgIpc) is 2.94. The molecule has 1 N–H and O–H groups in total. The number of hydrogen-bond acceptors (Lipinski definition) is 2. The van der Waals surface area contributed by atoms with Gasteiger partial charge in [-0.1, -0.05) is 6.07 Å². The highest BCUT2D eigenvalue weighted by molar-refractivity contribution is 8.00. The molecule has 0 saturated carbocycles. The van der Waals surface area contributed by atoms with Crippen LogP contribution in [0, 0.1) is 5.82 Å². The van der Waals surface area contributed by atoms with E-state index in [1.807, 2.05) is 6.07 Å². The number of amides is 1. The molecule has 1 aliphatic rings. The van der Waals surface area contributed by atoms with Gasteiger partial charge in [-0.2, -0.15) is 0 Å². The normalized spacial score (nSPS) is 13.0. The van der Waals surface area contributed by atoms with Crippen LogP contribution < -0.4 is 5.32 Å². The lowest BCUT2D eigenvalue weighted by atomic mass is 10.1. The molecule has 0 fully saturated rings. The molecule has 0 aromatic heterocycles. The Labute approximate surface area is 127 Å². The summed E-state index contributed by atoms with van der Waals surface area (Å²) in [6, 6.07) is 12.3. The zero-order valence-electron chi connectivity index (χ0n) is 11.6.